The van der Waals surface area contributed by atoms with E-state index in [9.17, 15) is 9.90 Å². The average Bonchev–Trinajstić information content (AvgIpc) is 2.37. The maximum atomic E-state index is 10.5. The first-order valence-electron chi connectivity index (χ1n) is 2.80. The van der Waals surface area contributed by atoms with E-state index in [-0.39, 0.29) is 0 Å². The fourth-order valence-corrected chi connectivity index (χ4v) is 0.708. The predicted molar refractivity (Wildman–Crippen MR) is 28.3 cm³/mol. The van der Waals surface area contributed by atoms with Crippen LogP contribution in [0.2, 0.25) is 0 Å². The van der Waals surface area contributed by atoms with Crippen LogP contribution in [0.3, 0.4) is 0 Å². The lowest BCUT2D eigenvalue weighted by Crippen LogP contribution is -2.33. The highest BCUT2D eigenvalue weighted by Crippen LogP contribution is 1.95. The summed E-state index contributed by atoms with van der Waals surface area (Å²) < 4.78 is 4.84. The zero-order valence-corrected chi connectivity index (χ0v) is 4.92. The van der Waals surface area contributed by atoms with Crippen molar-refractivity contribution in [3.8, 4) is 0 Å². The Balaban J connectivity index is 2.32. The van der Waals surface area contributed by atoms with Gasteiger partial charge in [-0.2, -0.15) is 0 Å². The van der Waals surface area contributed by atoms with Gasteiger partial charge in [-0.15, -0.1) is 0 Å². The molecule has 0 spiro atoms. The predicted octanol–water partition coefficient (Wildman–Crippen LogP) is -1.07. The van der Waals surface area contributed by atoms with Crippen LogP contribution in [0.5, 0.6) is 0 Å². The maximum absolute atomic E-state index is 10.5. The van der Waals surface area contributed by atoms with Crippen molar-refractivity contribution in [2.75, 3.05) is 19.8 Å². The maximum Gasteiger partial charge on any atom is 0.205 e. The van der Waals surface area contributed by atoms with Crippen LogP contribution in [0.4, 0.5) is 0 Å². The minimum atomic E-state index is -0.697. The van der Waals surface area contributed by atoms with Gasteiger partial charge >= 0.3 is 0 Å². The summed E-state index contributed by atoms with van der Waals surface area (Å²) >= 11 is 0. The van der Waals surface area contributed by atoms with Gasteiger partial charge in [0, 0.05) is 6.54 Å². The first-order valence-corrected chi connectivity index (χ1v) is 2.80. The van der Waals surface area contributed by atoms with Crippen molar-refractivity contribution in [2.45, 2.75) is 6.23 Å². The molecule has 1 N–H and O–H groups in total. The summed E-state index contributed by atoms with van der Waals surface area (Å²) in [4.78, 5) is 10.5. The van der Waals surface area contributed by atoms with Crippen LogP contribution in [0.15, 0.2) is 0 Å². The number of ether oxygens (including phenoxy) is 1. The number of hydrogen-bond donors (Lipinski definition) is 1. The standard InChI is InChI=1S/C5H8NO3/c7-3-4(8)5-6-1-2-9-5/h5-6H,1-3H2. The van der Waals surface area contributed by atoms with Crippen molar-refractivity contribution >= 4 is 5.78 Å². The van der Waals surface area contributed by atoms with Crippen LogP contribution in [-0.2, 0) is 14.6 Å². The molecule has 1 radical (unpaired) electrons. The van der Waals surface area contributed by atoms with Gasteiger partial charge in [-0.1, -0.05) is 0 Å². The van der Waals surface area contributed by atoms with Crippen LogP contribution in [0.1, 0.15) is 0 Å². The molecule has 9 heavy (non-hydrogen) atoms. The van der Waals surface area contributed by atoms with E-state index < -0.39 is 18.6 Å². The van der Waals surface area contributed by atoms with Gasteiger partial charge in [0.05, 0.1) is 6.61 Å². The second kappa shape index (κ2) is 2.91. The summed E-state index contributed by atoms with van der Waals surface area (Å²) in [6.45, 7) is 0.491. The molecule has 51 valence electrons. The van der Waals surface area contributed by atoms with Crippen LogP contribution in [0.25, 0.3) is 0 Å². The van der Waals surface area contributed by atoms with Crippen LogP contribution in [0, 0.1) is 0 Å². The number of hydrogen-bond acceptors (Lipinski definition) is 3. The third-order valence-corrected chi connectivity index (χ3v) is 1.15. The van der Waals surface area contributed by atoms with Gasteiger partial charge in [-0.25, -0.2) is 5.11 Å². The molecular formula is C5H8NO3. The van der Waals surface area contributed by atoms with Gasteiger partial charge in [0.15, 0.2) is 6.23 Å². The number of Topliss-reactive ketones (excluding diaryl/α,β-unsaturated/α-hetero) is 1. The van der Waals surface area contributed by atoms with Crippen LogP contribution < -0.4 is 5.32 Å². The van der Waals surface area contributed by atoms with Crippen LogP contribution >= 0.6 is 0 Å². The molecule has 1 fully saturated rings. The molecule has 0 aromatic heterocycles. The molecule has 1 aliphatic heterocycles. The van der Waals surface area contributed by atoms with E-state index in [1.165, 1.54) is 0 Å². The molecule has 0 saturated carbocycles. The van der Waals surface area contributed by atoms with Crippen molar-refractivity contribution in [3.05, 3.63) is 0 Å². The first kappa shape index (κ1) is 6.67. The highest BCUT2D eigenvalue weighted by atomic mass is 16.5. The highest BCUT2D eigenvalue weighted by Gasteiger charge is 2.21. The van der Waals surface area contributed by atoms with Crippen molar-refractivity contribution < 1.29 is 14.6 Å². The number of rotatable bonds is 2. The second-order valence-electron chi connectivity index (χ2n) is 1.82. The molecule has 0 bridgehead atoms. The quantitative estimate of drug-likeness (QED) is 0.518. The minimum Gasteiger partial charge on any atom is -0.355 e. The normalized spacial score (nSPS) is 26.6. The van der Waals surface area contributed by atoms with Gasteiger partial charge < -0.3 is 4.74 Å². The van der Waals surface area contributed by atoms with Gasteiger partial charge in [0.2, 0.25) is 5.78 Å². The first-order chi connectivity index (χ1) is 4.34. The second-order valence-corrected chi connectivity index (χ2v) is 1.82. The average molecular weight is 130 g/mol. The third kappa shape index (κ3) is 1.48. The molecule has 0 aromatic carbocycles. The molecule has 4 heteroatoms. The SMILES string of the molecule is [O]CC(=O)C1NCCO1. The van der Waals surface area contributed by atoms with E-state index in [1.807, 2.05) is 0 Å². The van der Waals surface area contributed by atoms with Crippen molar-refractivity contribution in [2.24, 2.45) is 0 Å². The van der Waals surface area contributed by atoms with Gasteiger partial charge in [-0.3, -0.25) is 10.1 Å². The largest absolute Gasteiger partial charge is 0.355 e. The Morgan fingerprint density at radius 2 is 2.56 bits per heavy atom. The fraction of sp³-hybridized carbons (Fsp3) is 0.800. The van der Waals surface area contributed by atoms with E-state index in [2.05, 4.69) is 5.32 Å². The van der Waals surface area contributed by atoms with Crippen molar-refractivity contribution in [3.63, 3.8) is 0 Å². The van der Waals surface area contributed by atoms with Crippen molar-refractivity contribution in [1.82, 2.24) is 5.32 Å². The lowest BCUT2D eigenvalue weighted by Gasteiger charge is -2.03. The fourth-order valence-electron chi connectivity index (χ4n) is 0.708. The smallest absolute Gasteiger partial charge is 0.205 e. The summed E-state index contributed by atoms with van der Waals surface area (Å²) in [6, 6.07) is 0. The molecule has 1 atom stereocenters. The van der Waals surface area contributed by atoms with Crippen molar-refractivity contribution in [1.29, 1.82) is 0 Å². The topological polar surface area (TPSA) is 58.2 Å². The third-order valence-electron chi connectivity index (χ3n) is 1.15. The van der Waals surface area contributed by atoms with E-state index >= 15 is 0 Å². The zero-order valence-electron chi connectivity index (χ0n) is 4.92. The Bertz CT molecular complexity index is 109. The highest BCUT2D eigenvalue weighted by molar-refractivity contribution is 5.83. The molecular weight excluding hydrogens is 122 g/mol. The Morgan fingerprint density at radius 3 is 3.00 bits per heavy atom. The Hall–Kier alpha value is -0.450. The number of nitrogens with one attached hydrogen (secondary N) is 1. The van der Waals surface area contributed by atoms with Gasteiger partial charge in [0.1, 0.15) is 6.61 Å². The lowest BCUT2D eigenvalue weighted by molar-refractivity contribution is -0.133. The Kier molecular flexibility index (Phi) is 2.16. The van der Waals surface area contributed by atoms with E-state index in [4.69, 9.17) is 4.74 Å². The Morgan fingerprint density at radius 1 is 1.78 bits per heavy atom. The molecule has 1 aliphatic rings. The number of ketones is 1. The van der Waals surface area contributed by atoms with E-state index in [0.29, 0.717) is 13.2 Å². The summed E-state index contributed by atoms with van der Waals surface area (Å²) in [6.07, 6.45) is -0.623. The molecule has 0 aromatic rings. The summed E-state index contributed by atoms with van der Waals surface area (Å²) in [5.41, 5.74) is 0. The monoisotopic (exact) mass is 130 g/mol. The van der Waals surface area contributed by atoms with Gasteiger partial charge in [0.25, 0.3) is 0 Å². The summed E-state index contributed by atoms with van der Waals surface area (Å²) in [7, 11) is 0. The van der Waals surface area contributed by atoms with E-state index in [0.717, 1.165) is 0 Å². The molecule has 4 nitrogen and oxygen atoms in total. The molecule has 0 amide bonds. The number of carbonyl (C=O) groups is 1. The summed E-state index contributed by atoms with van der Waals surface area (Å²) in [5.74, 6) is -0.410. The molecule has 0 aliphatic carbocycles. The number of carbonyl (C=O) groups excluding carboxylic acids is 1. The zero-order chi connectivity index (χ0) is 6.69. The molecule has 1 heterocycles. The Labute approximate surface area is 52.8 Å². The molecule has 1 unspecified atom stereocenters. The molecule has 1 saturated heterocycles. The summed E-state index contributed by atoms with van der Waals surface area (Å²) in [5, 5.41) is 12.7. The van der Waals surface area contributed by atoms with Crippen LogP contribution in [-0.4, -0.2) is 31.8 Å². The lowest BCUT2D eigenvalue weighted by atomic mass is 10.4. The van der Waals surface area contributed by atoms with Gasteiger partial charge in [-0.05, 0) is 0 Å². The molecule has 1 rings (SSSR count). The minimum absolute atomic E-state index is 0.410. The van der Waals surface area contributed by atoms with E-state index in [1.54, 1.807) is 0 Å².